The Morgan fingerprint density at radius 1 is 1.11 bits per heavy atom. The van der Waals surface area contributed by atoms with Gasteiger partial charge in [-0.15, -0.1) is 0 Å². The maximum Gasteiger partial charge on any atom is 0.0194 e. The van der Waals surface area contributed by atoms with Crippen LogP contribution in [-0.4, -0.2) is 12.1 Å². The van der Waals surface area contributed by atoms with Crippen molar-refractivity contribution in [3.8, 4) is 0 Å². The molecule has 9 heavy (non-hydrogen) atoms. The Balaban J connectivity index is 2.35. The van der Waals surface area contributed by atoms with Crippen LogP contribution in [0.3, 0.4) is 0 Å². The van der Waals surface area contributed by atoms with Crippen molar-refractivity contribution in [3.05, 3.63) is 0 Å². The Kier molecular flexibility index (Phi) is 2.09. The molecule has 1 aliphatic carbocycles. The van der Waals surface area contributed by atoms with E-state index >= 15 is 0 Å². The van der Waals surface area contributed by atoms with E-state index in [2.05, 4.69) is 6.92 Å². The van der Waals surface area contributed by atoms with Gasteiger partial charge in [-0.05, 0) is 25.2 Å². The first kappa shape index (κ1) is 7.03. The van der Waals surface area contributed by atoms with Crippen LogP contribution in [0.15, 0.2) is 0 Å². The fourth-order valence-electron chi connectivity index (χ4n) is 1.45. The van der Waals surface area contributed by atoms with Crippen LogP contribution in [0.25, 0.3) is 0 Å². The van der Waals surface area contributed by atoms with Crippen molar-refractivity contribution < 1.29 is 0 Å². The molecule has 3 atom stereocenters. The molecule has 0 radical (unpaired) electrons. The number of rotatable bonds is 0. The van der Waals surface area contributed by atoms with Crippen molar-refractivity contribution in [2.75, 3.05) is 0 Å². The van der Waals surface area contributed by atoms with Crippen LogP contribution in [0.1, 0.15) is 26.2 Å². The highest BCUT2D eigenvalue weighted by Gasteiger charge is 2.21. The lowest BCUT2D eigenvalue weighted by molar-refractivity contribution is 0.307. The van der Waals surface area contributed by atoms with E-state index in [9.17, 15) is 0 Å². The summed E-state index contributed by atoms with van der Waals surface area (Å²) >= 11 is 0. The SMILES string of the molecule is CC1CC[C@H](N)[C@@H](N)C1. The summed E-state index contributed by atoms with van der Waals surface area (Å²) in [5.74, 6) is 0.791. The summed E-state index contributed by atoms with van der Waals surface area (Å²) in [6, 6.07) is 0.523. The molecule has 0 bridgehead atoms. The maximum atomic E-state index is 5.74. The van der Waals surface area contributed by atoms with Crippen molar-refractivity contribution in [3.63, 3.8) is 0 Å². The summed E-state index contributed by atoms with van der Waals surface area (Å²) in [5, 5.41) is 0. The molecule has 0 spiro atoms. The Labute approximate surface area is 56.6 Å². The van der Waals surface area contributed by atoms with Crippen LogP contribution in [0.5, 0.6) is 0 Å². The third kappa shape index (κ3) is 1.66. The Morgan fingerprint density at radius 3 is 2.22 bits per heavy atom. The van der Waals surface area contributed by atoms with Gasteiger partial charge in [0.25, 0.3) is 0 Å². The molecule has 1 aliphatic rings. The predicted molar refractivity (Wildman–Crippen MR) is 39.0 cm³/mol. The van der Waals surface area contributed by atoms with Gasteiger partial charge in [-0.25, -0.2) is 0 Å². The molecule has 0 heterocycles. The Hall–Kier alpha value is -0.0800. The molecule has 1 fully saturated rings. The molecule has 0 aromatic heterocycles. The zero-order valence-corrected chi connectivity index (χ0v) is 6.01. The Bertz CT molecular complexity index is 92.9. The van der Waals surface area contributed by atoms with E-state index in [1.54, 1.807) is 0 Å². The van der Waals surface area contributed by atoms with Crippen LogP contribution in [0.4, 0.5) is 0 Å². The molecule has 0 aliphatic heterocycles. The lowest BCUT2D eigenvalue weighted by Gasteiger charge is -2.29. The van der Waals surface area contributed by atoms with Gasteiger partial charge in [0.1, 0.15) is 0 Å². The van der Waals surface area contributed by atoms with Gasteiger partial charge in [0.15, 0.2) is 0 Å². The average Bonchev–Trinajstić information content (AvgIpc) is 1.80. The second-order valence-electron chi connectivity index (χ2n) is 3.25. The molecule has 0 aromatic carbocycles. The first-order chi connectivity index (χ1) is 4.20. The normalized spacial score (nSPS) is 45.0. The van der Waals surface area contributed by atoms with Crippen molar-refractivity contribution in [1.29, 1.82) is 0 Å². The summed E-state index contributed by atoms with van der Waals surface area (Å²) in [7, 11) is 0. The fraction of sp³-hybridized carbons (Fsp3) is 1.00. The quantitative estimate of drug-likeness (QED) is 0.498. The van der Waals surface area contributed by atoms with Crippen molar-refractivity contribution in [1.82, 2.24) is 0 Å². The zero-order chi connectivity index (χ0) is 6.85. The van der Waals surface area contributed by atoms with Crippen molar-refractivity contribution in [2.24, 2.45) is 17.4 Å². The van der Waals surface area contributed by atoms with Gasteiger partial charge in [-0.1, -0.05) is 6.92 Å². The van der Waals surface area contributed by atoms with Crippen LogP contribution in [-0.2, 0) is 0 Å². The van der Waals surface area contributed by atoms with E-state index in [4.69, 9.17) is 11.5 Å². The third-order valence-corrected chi connectivity index (χ3v) is 2.22. The maximum absolute atomic E-state index is 5.74. The molecule has 1 unspecified atom stereocenters. The molecule has 0 saturated heterocycles. The summed E-state index contributed by atoms with van der Waals surface area (Å²) in [6.45, 7) is 2.24. The molecule has 2 nitrogen and oxygen atoms in total. The molecule has 1 saturated carbocycles. The number of hydrogen-bond donors (Lipinski definition) is 2. The highest BCUT2D eigenvalue weighted by molar-refractivity contribution is 4.83. The summed E-state index contributed by atoms with van der Waals surface area (Å²) in [6.07, 6.45) is 3.48. The predicted octanol–water partition coefficient (Wildman–Crippen LogP) is 0.461. The monoisotopic (exact) mass is 128 g/mol. The van der Waals surface area contributed by atoms with E-state index in [0.717, 1.165) is 18.8 Å². The smallest absolute Gasteiger partial charge is 0.0194 e. The van der Waals surface area contributed by atoms with Gasteiger partial charge in [0, 0.05) is 12.1 Å². The minimum atomic E-state index is 0.258. The van der Waals surface area contributed by atoms with Crippen LogP contribution >= 0.6 is 0 Å². The number of hydrogen-bond acceptors (Lipinski definition) is 2. The lowest BCUT2D eigenvalue weighted by Crippen LogP contribution is -2.45. The van der Waals surface area contributed by atoms with Crippen LogP contribution in [0, 0.1) is 5.92 Å². The van der Waals surface area contributed by atoms with E-state index in [1.807, 2.05) is 0 Å². The van der Waals surface area contributed by atoms with Crippen molar-refractivity contribution in [2.45, 2.75) is 38.3 Å². The minimum absolute atomic E-state index is 0.258. The second-order valence-corrected chi connectivity index (χ2v) is 3.25. The molecular formula is C7H16N2. The molecular weight excluding hydrogens is 112 g/mol. The largest absolute Gasteiger partial charge is 0.326 e. The molecule has 54 valence electrons. The topological polar surface area (TPSA) is 52.0 Å². The van der Waals surface area contributed by atoms with Crippen LogP contribution < -0.4 is 11.5 Å². The minimum Gasteiger partial charge on any atom is -0.326 e. The second kappa shape index (κ2) is 2.67. The molecule has 0 amide bonds. The molecule has 1 rings (SSSR count). The van der Waals surface area contributed by atoms with Gasteiger partial charge in [-0.3, -0.25) is 0 Å². The highest BCUT2D eigenvalue weighted by Crippen LogP contribution is 2.21. The zero-order valence-electron chi connectivity index (χ0n) is 6.01. The molecule has 0 aromatic rings. The van der Waals surface area contributed by atoms with Gasteiger partial charge in [0.05, 0.1) is 0 Å². The van der Waals surface area contributed by atoms with E-state index in [1.165, 1.54) is 6.42 Å². The number of nitrogens with two attached hydrogens (primary N) is 2. The fourth-order valence-corrected chi connectivity index (χ4v) is 1.45. The summed E-state index contributed by atoms with van der Waals surface area (Å²) in [5.41, 5.74) is 11.5. The third-order valence-electron chi connectivity index (χ3n) is 2.22. The molecule has 4 N–H and O–H groups in total. The summed E-state index contributed by atoms with van der Waals surface area (Å²) in [4.78, 5) is 0. The first-order valence-corrected chi connectivity index (χ1v) is 3.71. The average molecular weight is 128 g/mol. The van der Waals surface area contributed by atoms with Crippen LogP contribution in [0.2, 0.25) is 0 Å². The highest BCUT2D eigenvalue weighted by atomic mass is 14.8. The standard InChI is InChI=1S/C7H16N2/c1-5-2-3-6(8)7(9)4-5/h5-7H,2-4,8-9H2,1H3/t5?,6-,7-/m0/s1. The van der Waals surface area contributed by atoms with Crippen molar-refractivity contribution >= 4 is 0 Å². The van der Waals surface area contributed by atoms with Gasteiger partial charge in [0.2, 0.25) is 0 Å². The van der Waals surface area contributed by atoms with E-state index in [-0.39, 0.29) is 12.1 Å². The van der Waals surface area contributed by atoms with Gasteiger partial charge in [-0.2, -0.15) is 0 Å². The van der Waals surface area contributed by atoms with E-state index in [0.29, 0.717) is 0 Å². The van der Waals surface area contributed by atoms with Gasteiger partial charge >= 0.3 is 0 Å². The van der Waals surface area contributed by atoms with Gasteiger partial charge < -0.3 is 11.5 Å². The van der Waals surface area contributed by atoms with E-state index < -0.39 is 0 Å². The summed E-state index contributed by atoms with van der Waals surface area (Å²) < 4.78 is 0. The first-order valence-electron chi connectivity index (χ1n) is 3.71. The lowest BCUT2D eigenvalue weighted by atomic mass is 9.84. The Morgan fingerprint density at radius 2 is 1.78 bits per heavy atom. The molecule has 2 heteroatoms.